The molecule has 0 amide bonds. The number of allylic oxidation sites excluding steroid dienone is 3. The molecule has 10 heavy (non-hydrogen) atoms. The molecule has 1 unspecified atom stereocenters. The molecule has 0 aromatic rings. The molecule has 1 rings (SSSR count). The number of hydrogen-bond donors (Lipinski definition) is 1. The van der Waals surface area contributed by atoms with Crippen LogP contribution in [0.4, 0.5) is 0 Å². The number of alkyl halides is 1. The zero-order valence-electron chi connectivity index (χ0n) is 5.56. The molecule has 0 bridgehead atoms. The number of dihydropyridines is 1. The Morgan fingerprint density at radius 2 is 2.40 bits per heavy atom. The van der Waals surface area contributed by atoms with Crippen molar-refractivity contribution >= 4 is 11.6 Å². The van der Waals surface area contributed by atoms with E-state index in [2.05, 4.69) is 5.32 Å². The highest BCUT2D eigenvalue weighted by atomic mass is 35.5. The maximum atomic E-state index is 8.48. The summed E-state index contributed by atoms with van der Waals surface area (Å²) in [7, 11) is 0. The third-order valence-electron chi connectivity index (χ3n) is 1.27. The van der Waals surface area contributed by atoms with Crippen molar-refractivity contribution in [3.63, 3.8) is 0 Å². The van der Waals surface area contributed by atoms with Gasteiger partial charge in [-0.2, -0.15) is 5.26 Å². The largest absolute Gasteiger partial charge is 0.369 e. The van der Waals surface area contributed by atoms with Crippen LogP contribution in [0, 0.1) is 11.3 Å². The minimum atomic E-state index is -0.352. The molecule has 0 saturated heterocycles. The highest BCUT2D eigenvalue weighted by molar-refractivity contribution is 6.22. The molecule has 2 nitrogen and oxygen atoms in total. The maximum Gasteiger partial charge on any atom is 0.137 e. The SMILES string of the molecule is CC1=CC=C(C#N)C(Cl)N1. The molecule has 0 fully saturated rings. The molecule has 1 aliphatic rings. The van der Waals surface area contributed by atoms with Crippen LogP contribution in [0.3, 0.4) is 0 Å². The fourth-order valence-corrected chi connectivity index (χ4v) is 1.01. The Morgan fingerprint density at radius 3 is 2.90 bits per heavy atom. The topological polar surface area (TPSA) is 35.8 Å². The molecule has 52 valence electrons. The summed E-state index contributed by atoms with van der Waals surface area (Å²) in [6.07, 6.45) is 3.56. The molecule has 0 spiro atoms. The van der Waals surface area contributed by atoms with Gasteiger partial charge in [0.05, 0.1) is 11.6 Å². The Morgan fingerprint density at radius 1 is 1.70 bits per heavy atom. The van der Waals surface area contributed by atoms with E-state index in [4.69, 9.17) is 16.9 Å². The van der Waals surface area contributed by atoms with Gasteiger partial charge in [0, 0.05) is 5.70 Å². The van der Waals surface area contributed by atoms with Crippen LogP contribution in [0.25, 0.3) is 0 Å². The molecule has 1 atom stereocenters. The minimum Gasteiger partial charge on any atom is -0.369 e. The Bertz CT molecular complexity index is 234. The van der Waals surface area contributed by atoms with Crippen molar-refractivity contribution in [1.29, 1.82) is 5.26 Å². The van der Waals surface area contributed by atoms with Gasteiger partial charge < -0.3 is 5.32 Å². The van der Waals surface area contributed by atoms with E-state index in [1.54, 1.807) is 6.08 Å². The molecule has 0 aromatic heterocycles. The third kappa shape index (κ3) is 1.31. The van der Waals surface area contributed by atoms with Crippen LogP contribution in [0.2, 0.25) is 0 Å². The molecule has 1 aliphatic heterocycles. The third-order valence-corrected chi connectivity index (χ3v) is 1.61. The summed E-state index contributed by atoms with van der Waals surface area (Å²) in [4.78, 5) is 0. The zero-order chi connectivity index (χ0) is 7.56. The van der Waals surface area contributed by atoms with Crippen LogP contribution < -0.4 is 5.32 Å². The summed E-state index contributed by atoms with van der Waals surface area (Å²) in [5.41, 5.74) is 1.20. The quantitative estimate of drug-likeness (QED) is 0.424. The maximum absolute atomic E-state index is 8.48. The average molecular weight is 155 g/mol. The monoisotopic (exact) mass is 154 g/mol. The standard InChI is InChI=1S/C7H7ClN2/c1-5-2-3-6(4-9)7(8)10-5/h2-3,7,10H,1H3. The molecule has 0 aromatic carbocycles. The fraction of sp³-hybridized carbons (Fsp3) is 0.286. The van der Waals surface area contributed by atoms with Gasteiger partial charge in [0.2, 0.25) is 0 Å². The molecular formula is C7H7ClN2. The van der Waals surface area contributed by atoms with Crippen molar-refractivity contribution in [2.45, 2.75) is 12.4 Å². The second kappa shape index (κ2) is 2.76. The molecule has 0 saturated carbocycles. The van der Waals surface area contributed by atoms with Crippen molar-refractivity contribution in [2.24, 2.45) is 0 Å². The number of halogens is 1. The van der Waals surface area contributed by atoms with Gasteiger partial charge in [-0.05, 0) is 19.1 Å². The van der Waals surface area contributed by atoms with Gasteiger partial charge >= 0.3 is 0 Å². The van der Waals surface area contributed by atoms with E-state index in [-0.39, 0.29) is 5.50 Å². The summed E-state index contributed by atoms with van der Waals surface area (Å²) >= 11 is 5.73. The van der Waals surface area contributed by atoms with Gasteiger partial charge in [0.15, 0.2) is 0 Å². The first-order valence-corrected chi connectivity index (χ1v) is 3.37. The summed E-state index contributed by atoms with van der Waals surface area (Å²) in [6.45, 7) is 1.90. The van der Waals surface area contributed by atoms with Gasteiger partial charge in [0.1, 0.15) is 5.50 Å². The fourth-order valence-electron chi connectivity index (χ4n) is 0.719. The molecule has 0 radical (unpaired) electrons. The average Bonchev–Trinajstić information content (AvgIpc) is 1.88. The minimum absolute atomic E-state index is 0.352. The highest BCUT2D eigenvalue weighted by Gasteiger charge is 2.12. The summed E-state index contributed by atoms with van der Waals surface area (Å²) in [6, 6.07) is 2.00. The number of nitrogens with zero attached hydrogens (tertiary/aromatic N) is 1. The van der Waals surface area contributed by atoms with Crippen LogP contribution >= 0.6 is 11.6 Å². The first-order valence-electron chi connectivity index (χ1n) is 2.93. The van der Waals surface area contributed by atoms with E-state index >= 15 is 0 Å². The van der Waals surface area contributed by atoms with Crippen LogP contribution in [0.1, 0.15) is 6.92 Å². The first kappa shape index (κ1) is 7.17. The molecule has 0 aliphatic carbocycles. The highest BCUT2D eigenvalue weighted by Crippen LogP contribution is 2.12. The summed E-state index contributed by atoms with van der Waals surface area (Å²) in [5, 5.41) is 11.4. The molecular weight excluding hydrogens is 148 g/mol. The Balaban J connectivity index is 2.84. The predicted molar refractivity (Wildman–Crippen MR) is 40.2 cm³/mol. The van der Waals surface area contributed by atoms with E-state index in [0.717, 1.165) is 5.70 Å². The van der Waals surface area contributed by atoms with Gasteiger partial charge in [-0.15, -0.1) is 0 Å². The van der Waals surface area contributed by atoms with Gasteiger partial charge in [-0.25, -0.2) is 0 Å². The van der Waals surface area contributed by atoms with Crippen molar-refractivity contribution in [3.8, 4) is 6.07 Å². The second-order valence-electron chi connectivity index (χ2n) is 2.09. The molecule has 3 heteroatoms. The van der Waals surface area contributed by atoms with Crippen LogP contribution in [-0.4, -0.2) is 5.50 Å². The van der Waals surface area contributed by atoms with Gasteiger partial charge in [-0.3, -0.25) is 0 Å². The summed E-state index contributed by atoms with van der Waals surface area (Å²) < 4.78 is 0. The van der Waals surface area contributed by atoms with Crippen molar-refractivity contribution in [3.05, 3.63) is 23.4 Å². The Labute approximate surface area is 64.8 Å². The zero-order valence-corrected chi connectivity index (χ0v) is 6.31. The smallest absolute Gasteiger partial charge is 0.137 e. The van der Waals surface area contributed by atoms with Crippen molar-refractivity contribution < 1.29 is 0 Å². The first-order chi connectivity index (χ1) is 4.74. The van der Waals surface area contributed by atoms with Gasteiger partial charge in [0.25, 0.3) is 0 Å². The van der Waals surface area contributed by atoms with E-state index in [9.17, 15) is 0 Å². The van der Waals surface area contributed by atoms with Crippen LogP contribution in [-0.2, 0) is 0 Å². The van der Waals surface area contributed by atoms with E-state index in [0.29, 0.717) is 5.57 Å². The number of rotatable bonds is 0. The lowest BCUT2D eigenvalue weighted by molar-refractivity contribution is 0.813. The van der Waals surface area contributed by atoms with Crippen LogP contribution in [0.15, 0.2) is 23.4 Å². The lowest BCUT2D eigenvalue weighted by atomic mass is 10.2. The summed E-state index contributed by atoms with van der Waals surface area (Å²) in [5.74, 6) is 0. The van der Waals surface area contributed by atoms with E-state index in [1.807, 2.05) is 19.1 Å². The van der Waals surface area contributed by atoms with Crippen molar-refractivity contribution in [1.82, 2.24) is 5.32 Å². The van der Waals surface area contributed by atoms with E-state index < -0.39 is 0 Å². The van der Waals surface area contributed by atoms with Gasteiger partial charge in [-0.1, -0.05) is 11.6 Å². The normalized spacial score (nSPS) is 23.9. The molecule has 1 N–H and O–H groups in total. The van der Waals surface area contributed by atoms with Crippen LogP contribution in [0.5, 0.6) is 0 Å². The number of nitriles is 1. The lowest BCUT2D eigenvalue weighted by Gasteiger charge is -2.15. The second-order valence-corrected chi connectivity index (χ2v) is 2.53. The Hall–Kier alpha value is -0.940. The lowest BCUT2D eigenvalue weighted by Crippen LogP contribution is -2.25. The number of hydrogen-bond acceptors (Lipinski definition) is 2. The van der Waals surface area contributed by atoms with E-state index in [1.165, 1.54) is 0 Å². The number of nitrogens with one attached hydrogen (secondary N) is 1. The Kier molecular flexibility index (Phi) is 1.98. The predicted octanol–water partition coefficient (Wildman–Crippen LogP) is 1.51. The van der Waals surface area contributed by atoms with Crippen molar-refractivity contribution in [2.75, 3.05) is 0 Å². The molecule has 1 heterocycles.